The molecular weight excluding hydrogens is 318 g/mol. The molecule has 1 aliphatic rings. The molecule has 0 saturated carbocycles. The number of nitrogens with one attached hydrogen (secondary N) is 2. The smallest absolute Gasteiger partial charge is 0.276 e. The fourth-order valence-electron chi connectivity index (χ4n) is 2.75. The summed E-state index contributed by atoms with van der Waals surface area (Å²) in [5, 5.41) is 4.67. The minimum atomic E-state index is -0.375. The molecule has 0 aliphatic carbocycles. The van der Waals surface area contributed by atoms with Crippen LogP contribution in [0.2, 0.25) is 0 Å². The molecule has 1 atom stereocenters. The number of benzene rings is 2. The number of anilines is 1. The van der Waals surface area contributed by atoms with Gasteiger partial charge < -0.3 is 10.1 Å². The number of hydrogen-bond acceptors (Lipinski definition) is 4. The second-order valence-corrected chi connectivity index (χ2v) is 5.81. The molecule has 130 valence electrons. The van der Waals surface area contributed by atoms with E-state index in [9.17, 15) is 9.59 Å². The first-order valence-corrected chi connectivity index (χ1v) is 8.35. The van der Waals surface area contributed by atoms with Crippen molar-refractivity contribution in [1.29, 1.82) is 0 Å². The molecule has 6 nitrogen and oxygen atoms in total. The zero-order chi connectivity index (χ0) is 17.6. The molecule has 1 aliphatic heterocycles. The first-order chi connectivity index (χ1) is 12.2. The van der Waals surface area contributed by atoms with Crippen molar-refractivity contribution in [3.05, 3.63) is 60.2 Å². The summed E-state index contributed by atoms with van der Waals surface area (Å²) < 4.78 is 5.44. The molecule has 0 radical (unpaired) electrons. The van der Waals surface area contributed by atoms with Gasteiger partial charge in [-0.1, -0.05) is 43.7 Å². The Morgan fingerprint density at radius 2 is 1.88 bits per heavy atom. The van der Waals surface area contributed by atoms with Crippen LogP contribution in [0, 0.1) is 0 Å². The second-order valence-electron chi connectivity index (χ2n) is 5.81. The third-order valence-corrected chi connectivity index (χ3v) is 3.93. The van der Waals surface area contributed by atoms with Crippen LogP contribution in [-0.2, 0) is 4.79 Å². The van der Waals surface area contributed by atoms with Crippen molar-refractivity contribution < 1.29 is 14.3 Å². The molecule has 0 spiro atoms. The van der Waals surface area contributed by atoms with E-state index in [0.717, 1.165) is 18.5 Å². The average Bonchev–Trinajstić information content (AvgIpc) is 2.64. The Bertz CT molecular complexity index is 749. The Morgan fingerprint density at radius 1 is 1.16 bits per heavy atom. The van der Waals surface area contributed by atoms with Crippen molar-refractivity contribution in [3.63, 3.8) is 0 Å². The van der Waals surface area contributed by atoms with Crippen LogP contribution in [0.4, 0.5) is 5.69 Å². The third-order valence-electron chi connectivity index (χ3n) is 3.93. The number of para-hydroxylation sites is 2. The number of rotatable bonds is 6. The van der Waals surface area contributed by atoms with Crippen LogP contribution >= 0.6 is 0 Å². The van der Waals surface area contributed by atoms with Gasteiger partial charge in [0.1, 0.15) is 11.9 Å². The van der Waals surface area contributed by atoms with Gasteiger partial charge in [0.15, 0.2) is 6.61 Å². The molecule has 2 aromatic carbocycles. The van der Waals surface area contributed by atoms with Gasteiger partial charge in [-0.25, -0.2) is 5.01 Å². The first kappa shape index (κ1) is 16.8. The normalized spacial score (nSPS) is 16.0. The quantitative estimate of drug-likeness (QED) is 0.849. The predicted octanol–water partition coefficient (Wildman–Crippen LogP) is 2.79. The lowest BCUT2D eigenvalue weighted by atomic mass is 10.1. The number of carbonyl (C=O) groups is 2. The van der Waals surface area contributed by atoms with Crippen LogP contribution in [-0.4, -0.2) is 29.6 Å². The lowest BCUT2D eigenvalue weighted by Crippen LogP contribution is -2.58. The Hall–Kier alpha value is -3.02. The summed E-state index contributed by atoms with van der Waals surface area (Å²) in [6, 6.07) is 16.4. The molecule has 0 fully saturated rings. The molecule has 2 aromatic rings. The van der Waals surface area contributed by atoms with Crippen molar-refractivity contribution in [3.8, 4) is 5.75 Å². The molecule has 3 rings (SSSR count). The monoisotopic (exact) mass is 339 g/mol. The minimum absolute atomic E-state index is 0.158. The summed E-state index contributed by atoms with van der Waals surface area (Å²) >= 11 is 0. The van der Waals surface area contributed by atoms with E-state index in [2.05, 4.69) is 10.7 Å². The lowest BCUT2D eigenvalue weighted by Gasteiger charge is -2.37. The van der Waals surface area contributed by atoms with Crippen LogP contribution in [0.25, 0.3) is 0 Å². The van der Waals surface area contributed by atoms with E-state index in [1.165, 1.54) is 5.01 Å². The second kappa shape index (κ2) is 7.70. The van der Waals surface area contributed by atoms with E-state index in [4.69, 9.17) is 4.74 Å². The number of carbonyl (C=O) groups excluding carboxylic acids is 2. The van der Waals surface area contributed by atoms with Crippen molar-refractivity contribution in [2.45, 2.75) is 25.9 Å². The van der Waals surface area contributed by atoms with Gasteiger partial charge in [-0.3, -0.25) is 15.0 Å². The summed E-state index contributed by atoms with van der Waals surface area (Å²) in [5.74, 6) is 0.0107. The fourth-order valence-corrected chi connectivity index (χ4v) is 2.75. The predicted molar refractivity (Wildman–Crippen MR) is 95.0 cm³/mol. The number of ether oxygens (including phenoxy) is 1. The molecule has 1 heterocycles. The molecule has 2 N–H and O–H groups in total. The Kier molecular flexibility index (Phi) is 5.18. The summed E-state index contributed by atoms with van der Waals surface area (Å²) in [4.78, 5) is 25.0. The Labute approximate surface area is 146 Å². The number of fused-ring (bicyclic) bond motifs is 1. The third kappa shape index (κ3) is 3.91. The average molecular weight is 339 g/mol. The maximum Gasteiger partial charge on any atom is 0.276 e. The topological polar surface area (TPSA) is 70.7 Å². The first-order valence-electron chi connectivity index (χ1n) is 8.35. The molecule has 2 amide bonds. The highest BCUT2D eigenvalue weighted by Crippen LogP contribution is 2.25. The number of amides is 2. The van der Waals surface area contributed by atoms with Crippen LogP contribution in [0.5, 0.6) is 5.75 Å². The van der Waals surface area contributed by atoms with Gasteiger partial charge in [-0.15, -0.1) is 0 Å². The largest absolute Gasteiger partial charge is 0.484 e. The van der Waals surface area contributed by atoms with E-state index in [1.807, 2.05) is 37.3 Å². The van der Waals surface area contributed by atoms with Gasteiger partial charge in [0.25, 0.3) is 11.8 Å². The van der Waals surface area contributed by atoms with Gasteiger partial charge in [0.2, 0.25) is 0 Å². The van der Waals surface area contributed by atoms with E-state index < -0.39 is 0 Å². The highest BCUT2D eigenvalue weighted by Gasteiger charge is 2.32. The number of hydrogen-bond donors (Lipinski definition) is 2. The SMILES string of the molecule is CCCC1Nc2ccccc2C(=O)N1NC(=O)COc1ccccc1. The standard InChI is InChI=1S/C19H21N3O3/c1-2-8-17-20-16-12-7-6-11-15(16)19(24)22(17)21-18(23)13-25-14-9-4-3-5-10-14/h3-7,9-12,17,20H,2,8,13H2,1H3,(H,21,23). The zero-order valence-corrected chi connectivity index (χ0v) is 14.1. The van der Waals surface area contributed by atoms with Crippen molar-refractivity contribution >= 4 is 17.5 Å². The maximum absolute atomic E-state index is 12.7. The molecule has 25 heavy (non-hydrogen) atoms. The van der Waals surface area contributed by atoms with Gasteiger partial charge in [0.05, 0.1) is 5.56 Å². The zero-order valence-electron chi connectivity index (χ0n) is 14.1. The number of hydrazine groups is 1. The van der Waals surface area contributed by atoms with Gasteiger partial charge in [0, 0.05) is 5.69 Å². The fraction of sp³-hybridized carbons (Fsp3) is 0.263. The van der Waals surface area contributed by atoms with Crippen molar-refractivity contribution in [2.24, 2.45) is 0 Å². The maximum atomic E-state index is 12.7. The minimum Gasteiger partial charge on any atom is -0.484 e. The van der Waals surface area contributed by atoms with Gasteiger partial charge in [-0.2, -0.15) is 0 Å². The molecule has 0 aromatic heterocycles. The van der Waals surface area contributed by atoms with E-state index in [0.29, 0.717) is 11.3 Å². The van der Waals surface area contributed by atoms with Crippen molar-refractivity contribution in [1.82, 2.24) is 10.4 Å². The highest BCUT2D eigenvalue weighted by molar-refractivity contribution is 6.02. The molecule has 1 unspecified atom stereocenters. The molecule has 0 saturated heterocycles. The van der Waals surface area contributed by atoms with E-state index in [1.54, 1.807) is 24.3 Å². The van der Waals surface area contributed by atoms with Crippen LogP contribution < -0.4 is 15.5 Å². The molecule has 6 heteroatoms. The number of nitrogens with zero attached hydrogens (tertiary/aromatic N) is 1. The van der Waals surface area contributed by atoms with Gasteiger partial charge in [-0.05, 0) is 30.7 Å². The van der Waals surface area contributed by atoms with E-state index in [-0.39, 0.29) is 24.6 Å². The highest BCUT2D eigenvalue weighted by atomic mass is 16.5. The summed E-state index contributed by atoms with van der Waals surface area (Å²) in [7, 11) is 0. The molecule has 0 bridgehead atoms. The van der Waals surface area contributed by atoms with Crippen LogP contribution in [0.15, 0.2) is 54.6 Å². The lowest BCUT2D eigenvalue weighted by molar-refractivity contribution is -0.127. The van der Waals surface area contributed by atoms with Crippen molar-refractivity contribution in [2.75, 3.05) is 11.9 Å². The van der Waals surface area contributed by atoms with Gasteiger partial charge >= 0.3 is 0 Å². The summed E-state index contributed by atoms with van der Waals surface area (Å²) in [5.41, 5.74) is 4.00. The summed E-state index contributed by atoms with van der Waals surface area (Å²) in [6.07, 6.45) is 1.31. The van der Waals surface area contributed by atoms with E-state index >= 15 is 0 Å². The summed E-state index contributed by atoms with van der Waals surface area (Å²) in [6.45, 7) is 1.87. The molecular formula is C19H21N3O3. The van der Waals surface area contributed by atoms with Crippen LogP contribution in [0.1, 0.15) is 30.1 Å². The Morgan fingerprint density at radius 3 is 2.64 bits per heavy atom. The Balaban J connectivity index is 1.68. The van der Waals surface area contributed by atoms with Crippen LogP contribution in [0.3, 0.4) is 0 Å².